The van der Waals surface area contributed by atoms with Crippen LogP contribution in [0, 0.1) is 46.3 Å². The number of hydrogen-bond donors (Lipinski definition) is 0. The largest absolute Gasteiger partial charge is 0.282 e. The number of hydrogen-bond acceptors (Lipinski definition) is 0. The van der Waals surface area contributed by atoms with E-state index in [1.807, 2.05) is 16.2 Å². The highest BCUT2D eigenvalue weighted by molar-refractivity contribution is 7.18. The molecule has 4 fully saturated rings. The lowest BCUT2D eigenvalue weighted by molar-refractivity contribution is -0.170. The Kier molecular flexibility index (Phi) is 6.83. The minimum atomic E-state index is -3.41. The zero-order valence-electron chi connectivity index (χ0n) is 25.8. The maximum atomic E-state index is 16.4. The smallest absolute Gasteiger partial charge is 0.232 e. The van der Waals surface area contributed by atoms with Gasteiger partial charge in [-0.2, -0.15) is 0 Å². The number of halogens is 3. The Labute approximate surface area is 243 Å². The maximum Gasteiger partial charge on any atom is 0.282 e. The van der Waals surface area contributed by atoms with Gasteiger partial charge in [-0.15, -0.1) is 0 Å². The van der Waals surface area contributed by atoms with Crippen molar-refractivity contribution >= 4 is 9.24 Å². The average Bonchev–Trinajstić information content (AvgIpc) is 3.17. The Hall–Kier alpha value is -0.820. The molecule has 0 aliphatic heterocycles. The molecule has 1 spiro atoms. The van der Waals surface area contributed by atoms with Crippen LogP contribution < -0.4 is 0 Å². The third-order valence-electron chi connectivity index (χ3n) is 13.8. The molecule has 0 heterocycles. The van der Waals surface area contributed by atoms with Crippen LogP contribution in [-0.2, 0) is 0 Å². The molecule has 40 heavy (non-hydrogen) atoms. The molecule has 6 rings (SSSR count). The minimum absolute atomic E-state index is 0.202. The Morgan fingerprint density at radius 1 is 0.825 bits per heavy atom. The summed E-state index contributed by atoms with van der Waals surface area (Å²) in [6, 6.07) is 8.95. The molecule has 0 amide bonds. The van der Waals surface area contributed by atoms with Crippen molar-refractivity contribution in [1.29, 1.82) is 0 Å². The molecule has 5 aliphatic carbocycles. The number of benzene rings is 1. The topological polar surface area (TPSA) is 0 Å². The van der Waals surface area contributed by atoms with Crippen LogP contribution in [0.2, 0.25) is 0 Å². The van der Waals surface area contributed by atoms with Gasteiger partial charge in [0.2, 0.25) is 0 Å². The molecular weight excluding hydrogens is 520 g/mol. The summed E-state index contributed by atoms with van der Waals surface area (Å²) >= 11 is 0. The van der Waals surface area contributed by atoms with Gasteiger partial charge < -0.3 is 0 Å². The van der Waals surface area contributed by atoms with Crippen molar-refractivity contribution in [3.8, 4) is 0 Å². The monoisotopic (exact) mass is 572 g/mol. The Morgan fingerprint density at radius 2 is 1.48 bits per heavy atom. The molecule has 4 saturated carbocycles. The van der Waals surface area contributed by atoms with Gasteiger partial charge in [0.1, 0.15) is 0 Å². The molecule has 8 atom stereocenters. The predicted octanol–water partition coefficient (Wildman–Crippen LogP) is 11.2. The molecule has 0 nitrogen and oxygen atoms in total. The van der Waals surface area contributed by atoms with Crippen molar-refractivity contribution in [2.45, 2.75) is 136 Å². The summed E-state index contributed by atoms with van der Waals surface area (Å²) in [5, 5.41) is -2.63. The number of fused-ring (bicyclic) bond motifs is 4. The third-order valence-corrected chi connectivity index (χ3v) is 14.9. The van der Waals surface area contributed by atoms with Gasteiger partial charge in [-0.05, 0) is 124 Å². The van der Waals surface area contributed by atoms with Gasteiger partial charge in [-0.25, -0.2) is 13.2 Å². The van der Waals surface area contributed by atoms with E-state index in [1.54, 1.807) is 11.1 Å². The molecular formula is C36H52F3P. The van der Waals surface area contributed by atoms with E-state index in [2.05, 4.69) is 52.0 Å². The minimum Gasteiger partial charge on any atom is -0.232 e. The fourth-order valence-electron chi connectivity index (χ4n) is 10.8. The van der Waals surface area contributed by atoms with E-state index in [-0.39, 0.29) is 11.8 Å². The van der Waals surface area contributed by atoms with Crippen LogP contribution in [0.3, 0.4) is 0 Å². The van der Waals surface area contributed by atoms with Crippen LogP contribution in [0.25, 0.3) is 0 Å². The van der Waals surface area contributed by atoms with Crippen molar-refractivity contribution in [2.75, 3.05) is 0 Å². The highest BCUT2D eigenvalue weighted by Gasteiger charge is 2.72. The van der Waals surface area contributed by atoms with Crippen molar-refractivity contribution in [1.82, 2.24) is 0 Å². The second-order valence-corrected chi connectivity index (χ2v) is 17.2. The summed E-state index contributed by atoms with van der Waals surface area (Å²) in [5.41, 5.74) is 5.35. The zero-order valence-corrected chi connectivity index (χ0v) is 27.0. The van der Waals surface area contributed by atoms with E-state index in [0.29, 0.717) is 29.1 Å². The summed E-state index contributed by atoms with van der Waals surface area (Å²) in [7, 11) is 2.02. The lowest BCUT2D eigenvalue weighted by Gasteiger charge is -2.60. The normalized spacial score (nSPS) is 40.2. The van der Waals surface area contributed by atoms with E-state index in [1.165, 1.54) is 62.5 Å². The lowest BCUT2D eigenvalue weighted by Crippen LogP contribution is -2.58. The third kappa shape index (κ3) is 4.24. The van der Waals surface area contributed by atoms with Crippen molar-refractivity contribution < 1.29 is 13.2 Å². The molecule has 1 aromatic rings. The summed E-state index contributed by atoms with van der Waals surface area (Å²) in [4.78, 5) is 0. The standard InChI is InChI=1S/C36H52F3P/c1-23-7-9-24(10-8-23)28-22-32(4)29(14-15-33(32,5)36(39,40)34(6,37)38)27-12-11-25-21-35(16-13-26(25)30(27)28)19-17-31(2,3)18-20-35/h7-10,25,27-29H,11-22,40H2,1-6H3/t25?,27?,28?,29?,32?,33-,36?/m1/s1. The van der Waals surface area contributed by atoms with Crippen LogP contribution in [0.15, 0.2) is 35.4 Å². The SMILES string of the molecule is Cc1ccc(C2CC3(C)C(CC[C@@]3(C)C(F)(P)C(C)(F)F)C3CCC4CC5(CCC4=C23)CCC(C)(C)CC5)cc1. The molecule has 1 aromatic carbocycles. The van der Waals surface area contributed by atoms with Gasteiger partial charge in [-0.1, -0.05) is 77.9 Å². The fraction of sp³-hybridized carbons (Fsp3) is 0.778. The van der Waals surface area contributed by atoms with Crippen molar-refractivity contribution in [3.05, 3.63) is 46.5 Å². The first kappa shape index (κ1) is 29.3. The summed E-state index contributed by atoms with van der Waals surface area (Å²) in [5.74, 6) is -1.87. The first-order valence-corrected chi connectivity index (χ1v) is 16.8. The number of alkyl halides is 3. The molecule has 4 heteroatoms. The molecule has 7 unspecified atom stereocenters. The van der Waals surface area contributed by atoms with E-state index in [0.717, 1.165) is 26.2 Å². The van der Waals surface area contributed by atoms with Gasteiger partial charge in [0, 0.05) is 18.3 Å². The van der Waals surface area contributed by atoms with Gasteiger partial charge in [0.05, 0.1) is 0 Å². The molecule has 0 saturated heterocycles. The second-order valence-electron chi connectivity index (χ2n) is 16.4. The Balaban J connectivity index is 1.42. The van der Waals surface area contributed by atoms with Crippen molar-refractivity contribution in [3.63, 3.8) is 0 Å². The first-order valence-electron chi connectivity index (χ1n) is 16.2. The van der Waals surface area contributed by atoms with Gasteiger partial charge in [0.15, 0.2) is 5.41 Å². The summed E-state index contributed by atoms with van der Waals surface area (Å²) < 4.78 is 46.4. The van der Waals surface area contributed by atoms with Crippen LogP contribution in [0.1, 0.15) is 129 Å². The molecule has 0 N–H and O–H groups in total. The van der Waals surface area contributed by atoms with Crippen LogP contribution in [-0.4, -0.2) is 11.3 Å². The Morgan fingerprint density at radius 3 is 2.10 bits per heavy atom. The van der Waals surface area contributed by atoms with Gasteiger partial charge >= 0.3 is 0 Å². The summed E-state index contributed by atoms with van der Waals surface area (Å²) in [6.45, 7) is 11.8. The molecule has 5 aliphatic rings. The quantitative estimate of drug-likeness (QED) is 0.250. The van der Waals surface area contributed by atoms with Crippen molar-refractivity contribution in [2.24, 2.45) is 39.4 Å². The van der Waals surface area contributed by atoms with Gasteiger partial charge in [0.25, 0.3) is 5.92 Å². The maximum absolute atomic E-state index is 16.4. The number of aryl methyl sites for hydroxylation is 1. The predicted molar refractivity (Wildman–Crippen MR) is 163 cm³/mol. The number of allylic oxidation sites excluding steroid dienone is 2. The lowest BCUT2D eigenvalue weighted by atomic mass is 9.46. The fourth-order valence-corrected chi connectivity index (χ4v) is 11.3. The van der Waals surface area contributed by atoms with E-state index in [4.69, 9.17) is 0 Å². The van der Waals surface area contributed by atoms with Crippen LogP contribution >= 0.6 is 9.24 Å². The van der Waals surface area contributed by atoms with E-state index in [9.17, 15) is 8.78 Å². The second kappa shape index (κ2) is 9.34. The number of rotatable bonds is 3. The van der Waals surface area contributed by atoms with E-state index >= 15 is 4.39 Å². The first-order chi connectivity index (χ1) is 18.5. The van der Waals surface area contributed by atoms with E-state index < -0.39 is 22.2 Å². The molecule has 0 bridgehead atoms. The molecule has 222 valence electrons. The van der Waals surface area contributed by atoms with Crippen LogP contribution in [0.5, 0.6) is 0 Å². The Bertz CT molecular complexity index is 1160. The van der Waals surface area contributed by atoms with Gasteiger partial charge in [-0.3, -0.25) is 0 Å². The molecule has 0 radical (unpaired) electrons. The highest BCUT2D eigenvalue weighted by atomic mass is 31.0. The average molecular weight is 573 g/mol. The van der Waals surface area contributed by atoms with Crippen LogP contribution in [0.4, 0.5) is 13.2 Å². The highest BCUT2D eigenvalue weighted by Crippen LogP contribution is 2.75. The summed E-state index contributed by atoms with van der Waals surface area (Å²) in [6.07, 6.45) is 13.8. The zero-order chi connectivity index (χ0) is 28.9. The molecule has 0 aromatic heterocycles.